The smallest absolute Gasteiger partial charge is 0.202 e. The first-order valence-electron chi connectivity index (χ1n) is 5.56. The van der Waals surface area contributed by atoms with Crippen molar-refractivity contribution in [1.29, 1.82) is 0 Å². The van der Waals surface area contributed by atoms with Crippen LogP contribution in [-0.4, -0.2) is 20.6 Å². The number of imidazole rings is 1. The Morgan fingerprint density at radius 3 is 3.12 bits per heavy atom. The van der Waals surface area contributed by atoms with Crippen molar-refractivity contribution in [2.75, 3.05) is 5.32 Å². The molecule has 0 bridgehead atoms. The lowest BCUT2D eigenvalue weighted by Crippen LogP contribution is -2.10. The molecule has 0 saturated heterocycles. The number of thiazole rings is 1. The zero-order valence-corrected chi connectivity index (χ0v) is 9.78. The van der Waals surface area contributed by atoms with Gasteiger partial charge in [0.25, 0.3) is 0 Å². The quantitative estimate of drug-likeness (QED) is 0.862. The zero-order valence-electron chi connectivity index (χ0n) is 8.97. The Bertz CT molecular complexity index is 444. The molecule has 0 radical (unpaired) electrons. The normalized spacial score (nSPS) is 15.2. The molecule has 16 heavy (non-hydrogen) atoms. The summed E-state index contributed by atoms with van der Waals surface area (Å²) < 4.78 is 2.16. The summed E-state index contributed by atoms with van der Waals surface area (Å²) in [4.78, 5) is 8.61. The summed E-state index contributed by atoms with van der Waals surface area (Å²) in [6, 6.07) is 0.653. The number of hydrogen-bond donors (Lipinski definition) is 1. The van der Waals surface area contributed by atoms with E-state index in [1.165, 1.54) is 12.8 Å². The molecule has 0 aliphatic heterocycles. The van der Waals surface area contributed by atoms with Crippen molar-refractivity contribution in [3.8, 4) is 0 Å². The van der Waals surface area contributed by atoms with Crippen molar-refractivity contribution >= 4 is 17.3 Å². The first-order valence-corrected chi connectivity index (χ1v) is 6.51. The van der Waals surface area contributed by atoms with E-state index < -0.39 is 0 Å². The highest BCUT2D eigenvalue weighted by Gasteiger charge is 2.22. The second-order valence-corrected chi connectivity index (χ2v) is 4.81. The predicted octanol–water partition coefficient (Wildman–Crippen LogP) is 2.16. The monoisotopic (exact) mass is 234 g/mol. The number of nitrogens with one attached hydrogen (secondary N) is 1. The van der Waals surface area contributed by atoms with Crippen molar-refractivity contribution in [3.63, 3.8) is 0 Å². The fraction of sp³-hybridized carbons (Fsp3) is 0.455. The summed E-state index contributed by atoms with van der Waals surface area (Å²) in [6.07, 6.45) is 7.40. The topological polar surface area (TPSA) is 42.7 Å². The molecule has 1 aliphatic carbocycles. The van der Waals surface area contributed by atoms with Gasteiger partial charge in [0.2, 0.25) is 5.95 Å². The van der Waals surface area contributed by atoms with Gasteiger partial charge in [0.1, 0.15) is 0 Å². The van der Waals surface area contributed by atoms with E-state index in [-0.39, 0.29) is 0 Å². The van der Waals surface area contributed by atoms with E-state index in [1.807, 2.05) is 17.9 Å². The highest BCUT2D eigenvalue weighted by atomic mass is 32.1. The maximum atomic E-state index is 4.33. The standard InChI is InChI=1S/C11H14N4S/c1-2-9(1)14-11-12-4-6-15(11)5-3-10-7-16-8-13-10/h4,6-9H,1-3,5H2,(H,12,14). The average molecular weight is 234 g/mol. The molecule has 0 amide bonds. The zero-order chi connectivity index (χ0) is 10.8. The molecule has 0 atom stereocenters. The van der Waals surface area contributed by atoms with Gasteiger partial charge in [0.15, 0.2) is 0 Å². The second kappa shape index (κ2) is 4.25. The van der Waals surface area contributed by atoms with E-state index in [0.717, 1.165) is 24.6 Å². The molecule has 84 valence electrons. The molecular weight excluding hydrogens is 220 g/mol. The average Bonchev–Trinajstić information content (AvgIpc) is 2.80. The Kier molecular flexibility index (Phi) is 2.61. The van der Waals surface area contributed by atoms with E-state index in [4.69, 9.17) is 0 Å². The van der Waals surface area contributed by atoms with Crippen LogP contribution in [0.3, 0.4) is 0 Å². The Balaban J connectivity index is 1.62. The number of aromatic nitrogens is 3. The summed E-state index contributed by atoms with van der Waals surface area (Å²) >= 11 is 1.65. The Labute approximate surface area is 98.4 Å². The minimum atomic E-state index is 0.653. The molecule has 2 aromatic heterocycles. The third-order valence-electron chi connectivity index (χ3n) is 2.72. The Morgan fingerprint density at radius 2 is 2.38 bits per heavy atom. The van der Waals surface area contributed by atoms with Gasteiger partial charge in [-0.15, -0.1) is 11.3 Å². The van der Waals surface area contributed by atoms with E-state index in [0.29, 0.717) is 6.04 Å². The van der Waals surface area contributed by atoms with E-state index in [2.05, 4.69) is 25.2 Å². The first-order chi connectivity index (χ1) is 7.92. The SMILES string of the molecule is c1cn(CCc2cscn2)c(NC2CC2)n1. The fourth-order valence-corrected chi connectivity index (χ4v) is 2.23. The molecule has 3 rings (SSSR count). The van der Waals surface area contributed by atoms with Crippen LogP contribution in [0.5, 0.6) is 0 Å². The molecule has 0 unspecified atom stereocenters. The summed E-state index contributed by atoms with van der Waals surface area (Å²) in [5, 5.41) is 5.53. The van der Waals surface area contributed by atoms with Gasteiger partial charge in [-0.1, -0.05) is 0 Å². The number of hydrogen-bond acceptors (Lipinski definition) is 4. The maximum Gasteiger partial charge on any atom is 0.202 e. The summed E-state index contributed by atoms with van der Waals surface area (Å²) in [6.45, 7) is 0.943. The largest absolute Gasteiger partial charge is 0.353 e. The van der Waals surface area contributed by atoms with Crippen molar-refractivity contribution in [1.82, 2.24) is 14.5 Å². The van der Waals surface area contributed by atoms with Crippen molar-refractivity contribution in [2.45, 2.75) is 31.8 Å². The van der Waals surface area contributed by atoms with Gasteiger partial charge < -0.3 is 9.88 Å². The highest BCUT2D eigenvalue weighted by molar-refractivity contribution is 7.07. The lowest BCUT2D eigenvalue weighted by Gasteiger charge is -2.07. The Hall–Kier alpha value is -1.36. The van der Waals surface area contributed by atoms with Crippen molar-refractivity contribution < 1.29 is 0 Å². The summed E-state index contributed by atoms with van der Waals surface area (Å²) in [7, 11) is 0. The van der Waals surface area contributed by atoms with Gasteiger partial charge in [-0.2, -0.15) is 0 Å². The number of aryl methyl sites for hydroxylation is 2. The maximum absolute atomic E-state index is 4.33. The fourth-order valence-electron chi connectivity index (χ4n) is 1.64. The van der Waals surface area contributed by atoms with Crippen LogP contribution in [0.25, 0.3) is 0 Å². The van der Waals surface area contributed by atoms with Crippen molar-refractivity contribution in [2.24, 2.45) is 0 Å². The number of nitrogens with zero attached hydrogens (tertiary/aromatic N) is 3. The second-order valence-electron chi connectivity index (χ2n) is 4.09. The van der Waals surface area contributed by atoms with Gasteiger partial charge >= 0.3 is 0 Å². The van der Waals surface area contributed by atoms with Gasteiger partial charge in [-0.05, 0) is 12.8 Å². The molecule has 2 heterocycles. The number of anilines is 1. The molecule has 1 saturated carbocycles. The molecule has 5 heteroatoms. The van der Waals surface area contributed by atoms with Crippen LogP contribution in [-0.2, 0) is 13.0 Å². The number of rotatable bonds is 5. The molecule has 1 fully saturated rings. The third-order valence-corrected chi connectivity index (χ3v) is 3.35. The molecule has 2 aromatic rings. The van der Waals surface area contributed by atoms with Gasteiger partial charge in [0.05, 0.1) is 11.2 Å². The third kappa shape index (κ3) is 2.24. The summed E-state index contributed by atoms with van der Waals surface area (Å²) in [5.41, 5.74) is 3.04. The van der Waals surface area contributed by atoms with Crippen LogP contribution in [0.2, 0.25) is 0 Å². The molecular formula is C11H14N4S. The molecule has 0 spiro atoms. The minimum absolute atomic E-state index is 0.653. The minimum Gasteiger partial charge on any atom is -0.353 e. The van der Waals surface area contributed by atoms with E-state index in [9.17, 15) is 0 Å². The lowest BCUT2D eigenvalue weighted by molar-refractivity contribution is 0.690. The van der Waals surface area contributed by atoms with Gasteiger partial charge in [0, 0.05) is 36.8 Å². The molecule has 0 aromatic carbocycles. The molecule has 4 nitrogen and oxygen atoms in total. The molecule has 1 aliphatic rings. The van der Waals surface area contributed by atoms with Crippen LogP contribution in [0.15, 0.2) is 23.3 Å². The predicted molar refractivity (Wildman–Crippen MR) is 64.7 cm³/mol. The van der Waals surface area contributed by atoms with Crippen LogP contribution < -0.4 is 5.32 Å². The van der Waals surface area contributed by atoms with Crippen LogP contribution in [0.4, 0.5) is 5.95 Å². The van der Waals surface area contributed by atoms with Crippen molar-refractivity contribution in [3.05, 3.63) is 29.0 Å². The lowest BCUT2D eigenvalue weighted by atomic mass is 10.3. The van der Waals surface area contributed by atoms with Gasteiger partial charge in [-0.25, -0.2) is 9.97 Å². The highest BCUT2D eigenvalue weighted by Crippen LogP contribution is 2.23. The van der Waals surface area contributed by atoms with Crippen LogP contribution >= 0.6 is 11.3 Å². The molecule has 1 N–H and O–H groups in total. The van der Waals surface area contributed by atoms with E-state index >= 15 is 0 Å². The first kappa shape index (κ1) is 9.84. The Morgan fingerprint density at radius 1 is 1.44 bits per heavy atom. The van der Waals surface area contributed by atoms with Gasteiger partial charge in [-0.3, -0.25) is 0 Å². The van der Waals surface area contributed by atoms with E-state index in [1.54, 1.807) is 11.3 Å². The van der Waals surface area contributed by atoms with Crippen LogP contribution in [0, 0.1) is 0 Å². The summed E-state index contributed by atoms with van der Waals surface area (Å²) in [5.74, 6) is 0.998. The van der Waals surface area contributed by atoms with Crippen LogP contribution in [0.1, 0.15) is 18.5 Å².